The van der Waals surface area contributed by atoms with Gasteiger partial charge in [-0.15, -0.1) is 0 Å². The van der Waals surface area contributed by atoms with Gasteiger partial charge in [-0.3, -0.25) is 0 Å². The lowest BCUT2D eigenvalue weighted by atomic mass is 9.74. The molecule has 2 aliphatic carbocycles. The first-order valence-corrected chi connectivity index (χ1v) is 11.1. The third-order valence-electron chi connectivity index (χ3n) is 7.21. The summed E-state index contributed by atoms with van der Waals surface area (Å²) in [6.45, 7) is 2.23. The lowest BCUT2D eigenvalue weighted by Crippen LogP contribution is -2.17. The van der Waals surface area contributed by atoms with Gasteiger partial charge in [0.25, 0.3) is 0 Å². The molecular formula is C25H37F. The monoisotopic (exact) mass is 356 g/mol. The highest BCUT2D eigenvalue weighted by atomic mass is 19.1. The van der Waals surface area contributed by atoms with E-state index in [1.807, 2.05) is 0 Å². The standard InChI is InChI=1S/C25H37F/c1-2-20-11-15-24(16-12-20)25-17-13-23(14-18-25)10-9-22-7-5-21(6-8-22)4-3-19-26/h3,11-12,15-16,19,21-23,25H,2,4-10,13-14,17-18H2,1H3/t21-,22-,23-,25-. The first kappa shape index (κ1) is 19.6. The molecule has 0 atom stereocenters. The largest absolute Gasteiger partial charge is 0.216 e. The molecule has 0 N–H and O–H groups in total. The Kier molecular flexibility index (Phi) is 7.77. The maximum Gasteiger partial charge on any atom is 0.0827 e. The molecule has 144 valence electrons. The van der Waals surface area contributed by atoms with Gasteiger partial charge in [-0.2, -0.15) is 0 Å². The summed E-state index contributed by atoms with van der Waals surface area (Å²) in [7, 11) is 0. The molecule has 2 aliphatic rings. The third-order valence-corrected chi connectivity index (χ3v) is 7.21. The van der Waals surface area contributed by atoms with Crippen LogP contribution >= 0.6 is 0 Å². The summed E-state index contributed by atoms with van der Waals surface area (Å²) in [6, 6.07) is 9.39. The number of aryl methyl sites for hydroxylation is 1. The van der Waals surface area contributed by atoms with E-state index in [0.717, 1.165) is 42.8 Å². The smallest absolute Gasteiger partial charge is 0.0827 e. The lowest BCUT2D eigenvalue weighted by Gasteiger charge is -2.32. The van der Waals surface area contributed by atoms with Crippen molar-refractivity contribution in [2.45, 2.75) is 89.9 Å². The summed E-state index contributed by atoms with van der Waals surface area (Å²) >= 11 is 0. The van der Waals surface area contributed by atoms with Crippen molar-refractivity contribution in [3.8, 4) is 0 Å². The maximum absolute atomic E-state index is 12.1. The second kappa shape index (κ2) is 10.3. The Labute approximate surface area is 160 Å². The van der Waals surface area contributed by atoms with Crippen molar-refractivity contribution < 1.29 is 4.39 Å². The van der Waals surface area contributed by atoms with Crippen LogP contribution in [0.15, 0.2) is 36.7 Å². The minimum atomic E-state index is 0.723. The lowest BCUT2D eigenvalue weighted by molar-refractivity contribution is 0.231. The first-order chi connectivity index (χ1) is 12.8. The van der Waals surface area contributed by atoms with Crippen molar-refractivity contribution >= 4 is 0 Å². The molecule has 0 amide bonds. The highest BCUT2D eigenvalue weighted by Crippen LogP contribution is 2.40. The summed E-state index contributed by atoms with van der Waals surface area (Å²) in [5, 5.41) is 0. The Hall–Kier alpha value is -1.11. The maximum atomic E-state index is 12.1. The van der Waals surface area contributed by atoms with Gasteiger partial charge in [0.15, 0.2) is 0 Å². The average molecular weight is 357 g/mol. The van der Waals surface area contributed by atoms with Crippen molar-refractivity contribution in [3.05, 3.63) is 47.8 Å². The molecule has 0 radical (unpaired) electrons. The van der Waals surface area contributed by atoms with Crippen LogP contribution < -0.4 is 0 Å². The molecule has 0 nitrogen and oxygen atoms in total. The van der Waals surface area contributed by atoms with Crippen molar-refractivity contribution in [1.82, 2.24) is 0 Å². The van der Waals surface area contributed by atoms with Gasteiger partial charge in [0.1, 0.15) is 0 Å². The molecular weight excluding hydrogens is 319 g/mol. The van der Waals surface area contributed by atoms with Crippen molar-refractivity contribution in [1.29, 1.82) is 0 Å². The second-order valence-electron chi connectivity index (χ2n) is 8.87. The van der Waals surface area contributed by atoms with Crippen LogP contribution in [0.3, 0.4) is 0 Å². The summed E-state index contributed by atoms with van der Waals surface area (Å²) < 4.78 is 12.1. The topological polar surface area (TPSA) is 0 Å². The molecule has 0 aromatic heterocycles. The van der Waals surface area contributed by atoms with E-state index >= 15 is 0 Å². The summed E-state index contributed by atoms with van der Waals surface area (Å²) in [4.78, 5) is 0. The predicted molar refractivity (Wildman–Crippen MR) is 110 cm³/mol. The molecule has 0 bridgehead atoms. The van der Waals surface area contributed by atoms with Gasteiger partial charge in [0.05, 0.1) is 6.33 Å². The van der Waals surface area contributed by atoms with Gasteiger partial charge in [-0.05, 0) is 86.2 Å². The number of hydrogen-bond acceptors (Lipinski definition) is 0. The van der Waals surface area contributed by atoms with Gasteiger partial charge < -0.3 is 0 Å². The van der Waals surface area contributed by atoms with Crippen LogP contribution in [0.1, 0.15) is 94.6 Å². The molecule has 3 rings (SSSR count). The molecule has 0 unspecified atom stereocenters. The van der Waals surface area contributed by atoms with Crippen LogP contribution in [0.5, 0.6) is 0 Å². The second-order valence-corrected chi connectivity index (χ2v) is 8.87. The van der Waals surface area contributed by atoms with E-state index < -0.39 is 0 Å². The van der Waals surface area contributed by atoms with Crippen LogP contribution in [-0.4, -0.2) is 0 Å². The van der Waals surface area contributed by atoms with E-state index in [1.165, 1.54) is 69.8 Å². The van der Waals surface area contributed by atoms with E-state index in [4.69, 9.17) is 0 Å². The van der Waals surface area contributed by atoms with E-state index in [9.17, 15) is 4.39 Å². The molecule has 0 aliphatic heterocycles. The molecule has 1 heteroatoms. The van der Waals surface area contributed by atoms with Gasteiger partial charge in [0.2, 0.25) is 0 Å². The first-order valence-electron chi connectivity index (χ1n) is 11.1. The molecule has 2 fully saturated rings. The quantitative estimate of drug-likeness (QED) is 0.464. The fourth-order valence-corrected chi connectivity index (χ4v) is 5.28. The molecule has 2 saturated carbocycles. The Bertz CT molecular complexity index is 528. The van der Waals surface area contributed by atoms with Crippen molar-refractivity contribution in [2.24, 2.45) is 17.8 Å². The minimum Gasteiger partial charge on any atom is -0.216 e. The zero-order chi connectivity index (χ0) is 18.2. The van der Waals surface area contributed by atoms with Crippen LogP contribution in [0.2, 0.25) is 0 Å². The minimum absolute atomic E-state index is 0.723. The zero-order valence-corrected chi connectivity index (χ0v) is 16.6. The Balaban J connectivity index is 1.34. The van der Waals surface area contributed by atoms with Crippen LogP contribution in [0.4, 0.5) is 4.39 Å². The van der Waals surface area contributed by atoms with Crippen molar-refractivity contribution in [2.75, 3.05) is 0 Å². The molecule has 1 aromatic rings. The highest BCUT2D eigenvalue weighted by molar-refractivity contribution is 5.25. The highest BCUT2D eigenvalue weighted by Gasteiger charge is 2.25. The normalized spacial score (nSPS) is 29.9. The van der Waals surface area contributed by atoms with E-state index in [0.29, 0.717) is 0 Å². The Morgan fingerprint density at radius 1 is 0.808 bits per heavy atom. The van der Waals surface area contributed by atoms with Crippen LogP contribution in [0.25, 0.3) is 0 Å². The van der Waals surface area contributed by atoms with E-state index in [2.05, 4.69) is 31.2 Å². The Morgan fingerprint density at radius 2 is 1.35 bits per heavy atom. The Morgan fingerprint density at radius 3 is 1.88 bits per heavy atom. The number of hydrogen-bond donors (Lipinski definition) is 0. The van der Waals surface area contributed by atoms with Crippen molar-refractivity contribution in [3.63, 3.8) is 0 Å². The van der Waals surface area contributed by atoms with Gasteiger partial charge in [0, 0.05) is 0 Å². The molecule has 0 saturated heterocycles. The molecule has 0 heterocycles. The van der Waals surface area contributed by atoms with Gasteiger partial charge in [-0.1, -0.05) is 62.9 Å². The number of benzene rings is 1. The van der Waals surface area contributed by atoms with E-state index in [-0.39, 0.29) is 0 Å². The van der Waals surface area contributed by atoms with Crippen LogP contribution in [-0.2, 0) is 6.42 Å². The fraction of sp³-hybridized carbons (Fsp3) is 0.680. The SMILES string of the molecule is CCc1ccc([C@H]2CC[C@H](CC[C@H]3CC[C@H](CC=CF)CC3)CC2)cc1. The molecule has 26 heavy (non-hydrogen) atoms. The number of allylic oxidation sites excluding steroid dienone is 1. The predicted octanol–water partition coefficient (Wildman–Crippen LogP) is 7.98. The summed E-state index contributed by atoms with van der Waals surface area (Å²) in [6.07, 6.45) is 18.4. The average Bonchev–Trinajstić information content (AvgIpc) is 2.72. The van der Waals surface area contributed by atoms with Gasteiger partial charge >= 0.3 is 0 Å². The fourth-order valence-electron chi connectivity index (χ4n) is 5.28. The zero-order valence-electron chi connectivity index (χ0n) is 16.6. The number of halogens is 1. The summed E-state index contributed by atoms with van der Waals surface area (Å²) in [5.74, 6) is 3.46. The third kappa shape index (κ3) is 5.69. The van der Waals surface area contributed by atoms with Gasteiger partial charge in [-0.25, -0.2) is 4.39 Å². The molecule has 0 spiro atoms. The molecule has 1 aromatic carbocycles. The van der Waals surface area contributed by atoms with Crippen LogP contribution in [0, 0.1) is 17.8 Å². The van der Waals surface area contributed by atoms with E-state index in [1.54, 1.807) is 11.6 Å². The summed E-state index contributed by atoms with van der Waals surface area (Å²) in [5.41, 5.74) is 3.03. The number of rotatable bonds is 7.